The van der Waals surface area contributed by atoms with E-state index in [9.17, 15) is 9.59 Å². The number of piperidine rings is 1. The topological polar surface area (TPSA) is 96.1 Å². The smallest absolute Gasteiger partial charge is 0.338 e. The van der Waals surface area contributed by atoms with Crippen molar-refractivity contribution in [2.24, 2.45) is 5.92 Å². The molecule has 0 radical (unpaired) electrons. The van der Waals surface area contributed by atoms with E-state index in [4.69, 9.17) is 4.74 Å². The number of H-pyrrole nitrogens is 1. The molecule has 2 aromatic rings. The fraction of sp³-hybridized carbons (Fsp3) is 0.438. The number of fused-ring (bicyclic) bond motifs is 1. The van der Waals surface area contributed by atoms with Crippen molar-refractivity contribution in [2.75, 3.05) is 32.1 Å². The number of esters is 1. The summed E-state index contributed by atoms with van der Waals surface area (Å²) >= 11 is 0. The van der Waals surface area contributed by atoms with Crippen molar-refractivity contribution < 1.29 is 9.53 Å². The van der Waals surface area contributed by atoms with Crippen LogP contribution in [0.5, 0.6) is 0 Å². The van der Waals surface area contributed by atoms with E-state index in [0.717, 1.165) is 32.5 Å². The molecule has 1 saturated heterocycles. The molecule has 0 atom stereocenters. The molecule has 8 heteroatoms. The highest BCUT2D eigenvalue weighted by molar-refractivity contribution is 6.03. The number of ether oxygens (including phenoxy) is 1. The van der Waals surface area contributed by atoms with Crippen molar-refractivity contribution in [1.29, 1.82) is 0 Å². The number of methoxy groups -OCH3 is 1. The molecule has 1 aliphatic heterocycles. The van der Waals surface area contributed by atoms with Gasteiger partial charge in [0.25, 0.3) is 5.56 Å². The zero-order chi connectivity index (χ0) is 16.2. The summed E-state index contributed by atoms with van der Waals surface area (Å²) in [4.78, 5) is 31.2. The Morgan fingerprint density at radius 1 is 1.38 bits per heavy atom. The van der Waals surface area contributed by atoms with E-state index in [1.54, 1.807) is 18.2 Å². The van der Waals surface area contributed by atoms with Crippen LogP contribution in [0.1, 0.15) is 23.2 Å². The van der Waals surface area contributed by atoms with Crippen molar-refractivity contribution in [3.8, 4) is 0 Å². The van der Waals surface area contributed by atoms with Crippen LogP contribution in [-0.4, -0.2) is 42.7 Å². The molecular weight excluding hydrogens is 332 g/mol. The molecule has 1 aliphatic rings. The van der Waals surface area contributed by atoms with Gasteiger partial charge in [0.2, 0.25) is 5.95 Å². The minimum atomic E-state index is -0.543. The standard InChI is InChI=1S/C16H20N4O3.ClH/c1-23-15(22)11-3-2-4-12-13(11)14(21)20-16(19-12)18-9-10-5-7-17-8-6-10;/h2-4,10,17H,5-9H2,1H3,(H2,18,19,20,21);1H. The van der Waals surface area contributed by atoms with Crippen LogP contribution in [0.25, 0.3) is 10.9 Å². The molecule has 1 aromatic heterocycles. The zero-order valence-electron chi connectivity index (χ0n) is 13.4. The van der Waals surface area contributed by atoms with Crippen molar-refractivity contribution >= 4 is 35.2 Å². The van der Waals surface area contributed by atoms with Crippen LogP contribution in [0.3, 0.4) is 0 Å². The van der Waals surface area contributed by atoms with Gasteiger partial charge < -0.3 is 15.4 Å². The van der Waals surface area contributed by atoms with Crippen LogP contribution in [0.15, 0.2) is 23.0 Å². The molecule has 7 nitrogen and oxygen atoms in total. The van der Waals surface area contributed by atoms with E-state index < -0.39 is 5.97 Å². The summed E-state index contributed by atoms with van der Waals surface area (Å²) in [6.07, 6.45) is 2.22. The quantitative estimate of drug-likeness (QED) is 0.722. The summed E-state index contributed by atoms with van der Waals surface area (Å²) in [6.45, 7) is 2.82. The molecule has 1 aromatic carbocycles. The molecule has 3 N–H and O–H groups in total. The fourth-order valence-corrected chi connectivity index (χ4v) is 2.88. The number of halogens is 1. The van der Waals surface area contributed by atoms with Gasteiger partial charge in [-0.05, 0) is 44.0 Å². The lowest BCUT2D eigenvalue weighted by atomic mass is 9.98. The second-order valence-electron chi connectivity index (χ2n) is 5.68. The van der Waals surface area contributed by atoms with Gasteiger partial charge in [0, 0.05) is 6.54 Å². The highest BCUT2D eigenvalue weighted by atomic mass is 35.5. The van der Waals surface area contributed by atoms with Gasteiger partial charge >= 0.3 is 5.97 Å². The van der Waals surface area contributed by atoms with Crippen LogP contribution in [0, 0.1) is 5.92 Å². The van der Waals surface area contributed by atoms with E-state index in [2.05, 4.69) is 20.6 Å². The predicted molar refractivity (Wildman–Crippen MR) is 95.0 cm³/mol. The van der Waals surface area contributed by atoms with Gasteiger partial charge in [-0.25, -0.2) is 9.78 Å². The third-order valence-electron chi connectivity index (χ3n) is 4.16. The zero-order valence-corrected chi connectivity index (χ0v) is 14.2. The van der Waals surface area contributed by atoms with Crippen molar-refractivity contribution in [3.05, 3.63) is 34.1 Å². The predicted octanol–water partition coefficient (Wildman–Crippen LogP) is 1.54. The summed E-state index contributed by atoms with van der Waals surface area (Å²) in [6, 6.07) is 4.97. The van der Waals surface area contributed by atoms with Gasteiger partial charge in [0.15, 0.2) is 0 Å². The average molecular weight is 353 g/mol. The Morgan fingerprint density at radius 3 is 2.83 bits per heavy atom. The molecule has 130 valence electrons. The molecule has 0 spiro atoms. The molecule has 24 heavy (non-hydrogen) atoms. The van der Waals surface area contributed by atoms with Crippen LogP contribution in [0.4, 0.5) is 5.95 Å². The van der Waals surface area contributed by atoms with E-state index in [0.29, 0.717) is 17.4 Å². The Bertz CT molecular complexity index is 771. The highest BCUT2D eigenvalue weighted by Crippen LogP contribution is 2.16. The van der Waals surface area contributed by atoms with Gasteiger partial charge in [-0.1, -0.05) is 6.07 Å². The van der Waals surface area contributed by atoms with Gasteiger partial charge in [-0.15, -0.1) is 12.4 Å². The third kappa shape index (κ3) is 3.85. The summed E-state index contributed by atoms with van der Waals surface area (Å²) in [5, 5.41) is 6.78. The number of carbonyl (C=O) groups is 1. The third-order valence-corrected chi connectivity index (χ3v) is 4.16. The number of carbonyl (C=O) groups excluding carboxylic acids is 1. The van der Waals surface area contributed by atoms with E-state index >= 15 is 0 Å². The number of anilines is 1. The van der Waals surface area contributed by atoms with Crippen LogP contribution < -0.4 is 16.2 Å². The molecule has 1 fully saturated rings. The SMILES string of the molecule is COC(=O)c1cccc2nc(NCC3CCNCC3)[nH]c(=O)c12.Cl. The second-order valence-corrected chi connectivity index (χ2v) is 5.68. The second kappa shape index (κ2) is 8.12. The molecule has 0 bridgehead atoms. The average Bonchev–Trinajstić information content (AvgIpc) is 2.59. The number of hydrogen-bond acceptors (Lipinski definition) is 6. The highest BCUT2D eigenvalue weighted by Gasteiger charge is 2.16. The molecule has 0 aliphatic carbocycles. The number of aromatic nitrogens is 2. The molecule has 0 saturated carbocycles. The monoisotopic (exact) mass is 352 g/mol. The van der Waals surface area contributed by atoms with Crippen LogP contribution >= 0.6 is 12.4 Å². The van der Waals surface area contributed by atoms with Gasteiger partial charge in [0.05, 0.1) is 23.6 Å². The van der Waals surface area contributed by atoms with Crippen molar-refractivity contribution in [3.63, 3.8) is 0 Å². The number of aromatic amines is 1. The first-order valence-electron chi connectivity index (χ1n) is 7.75. The van der Waals surface area contributed by atoms with Gasteiger partial charge in [-0.2, -0.15) is 0 Å². The summed E-state index contributed by atoms with van der Waals surface area (Å²) in [5.41, 5.74) is 0.358. The maximum absolute atomic E-state index is 12.3. The number of hydrogen-bond donors (Lipinski definition) is 3. The summed E-state index contributed by atoms with van der Waals surface area (Å²) in [7, 11) is 1.29. The van der Waals surface area contributed by atoms with E-state index in [1.165, 1.54) is 7.11 Å². The Hall–Kier alpha value is -2.12. The van der Waals surface area contributed by atoms with Crippen molar-refractivity contribution in [1.82, 2.24) is 15.3 Å². The lowest BCUT2D eigenvalue weighted by Crippen LogP contribution is -2.31. The Labute approximate surface area is 145 Å². The summed E-state index contributed by atoms with van der Waals surface area (Å²) in [5.74, 6) is 0.458. The Morgan fingerprint density at radius 2 is 2.12 bits per heavy atom. The largest absolute Gasteiger partial charge is 0.465 e. The number of benzene rings is 1. The van der Waals surface area contributed by atoms with Gasteiger partial charge in [0.1, 0.15) is 0 Å². The van der Waals surface area contributed by atoms with Crippen molar-refractivity contribution in [2.45, 2.75) is 12.8 Å². The normalized spacial score (nSPS) is 14.9. The minimum absolute atomic E-state index is 0. The first-order valence-corrected chi connectivity index (χ1v) is 7.75. The molecule has 3 rings (SSSR count). The fourth-order valence-electron chi connectivity index (χ4n) is 2.88. The van der Waals surface area contributed by atoms with E-state index in [1.807, 2.05) is 0 Å². The molecular formula is C16H21ClN4O3. The molecule has 2 heterocycles. The number of rotatable bonds is 4. The maximum atomic E-state index is 12.3. The molecule has 0 amide bonds. The first-order chi connectivity index (χ1) is 11.2. The lowest BCUT2D eigenvalue weighted by Gasteiger charge is -2.22. The summed E-state index contributed by atoms with van der Waals surface area (Å²) < 4.78 is 4.72. The number of nitrogens with zero attached hydrogens (tertiary/aromatic N) is 1. The van der Waals surface area contributed by atoms with Gasteiger partial charge in [-0.3, -0.25) is 9.78 Å². The lowest BCUT2D eigenvalue weighted by molar-refractivity contribution is 0.0603. The molecule has 0 unspecified atom stereocenters. The van der Waals surface area contributed by atoms with Crippen LogP contribution in [-0.2, 0) is 4.74 Å². The van der Waals surface area contributed by atoms with E-state index in [-0.39, 0.29) is 28.9 Å². The Balaban J connectivity index is 0.00000208. The Kier molecular flexibility index (Phi) is 6.16. The maximum Gasteiger partial charge on any atom is 0.338 e. The number of nitrogens with one attached hydrogen (secondary N) is 3. The van der Waals surface area contributed by atoms with Crippen LogP contribution in [0.2, 0.25) is 0 Å². The minimum Gasteiger partial charge on any atom is -0.465 e. The first kappa shape index (κ1) is 18.2.